The molecule has 2 unspecified atom stereocenters. The summed E-state index contributed by atoms with van der Waals surface area (Å²) in [6.07, 6.45) is 3.16. The molecule has 0 spiro atoms. The Morgan fingerprint density at radius 2 is 2.29 bits per heavy atom. The number of para-hydroxylation sites is 1. The van der Waals surface area contributed by atoms with Gasteiger partial charge in [0.1, 0.15) is 0 Å². The standard InChI is InChI=1S/C16H19ClN2O2/c1-9-11-5-3-6-12(17)15(11)21-14(9)16(20)19-13-7-2-4-10(13)8-18/h3,5-6,10,13H,2,4,7-8,18H2,1H3,(H,19,20). The lowest BCUT2D eigenvalue weighted by molar-refractivity contribution is 0.0902. The van der Waals surface area contributed by atoms with Gasteiger partial charge in [0, 0.05) is 17.0 Å². The number of amides is 1. The van der Waals surface area contributed by atoms with Crippen LogP contribution in [0.3, 0.4) is 0 Å². The van der Waals surface area contributed by atoms with E-state index in [2.05, 4.69) is 5.32 Å². The third kappa shape index (κ3) is 2.54. The van der Waals surface area contributed by atoms with Gasteiger partial charge in [-0.2, -0.15) is 0 Å². The van der Waals surface area contributed by atoms with Crippen molar-refractivity contribution in [1.29, 1.82) is 0 Å². The molecule has 5 heteroatoms. The van der Waals surface area contributed by atoms with Crippen LogP contribution >= 0.6 is 11.6 Å². The van der Waals surface area contributed by atoms with E-state index in [1.165, 1.54) is 0 Å². The predicted molar refractivity (Wildman–Crippen MR) is 83.6 cm³/mol. The summed E-state index contributed by atoms with van der Waals surface area (Å²) >= 11 is 6.12. The Labute approximate surface area is 128 Å². The molecule has 3 rings (SSSR count). The molecule has 0 radical (unpaired) electrons. The molecule has 2 atom stereocenters. The number of rotatable bonds is 3. The zero-order chi connectivity index (χ0) is 15.0. The third-order valence-electron chi connectivity index (χ3n) is 4.40. The maximum Gasteiger partial charge on any atom is 0.287 e. The summed E-state index contributed by atoms with van der Waals surface area (Å²) in [4.78, 5) is 12.5. The number of hydrogen-bond donors (Lipinski definition) is 2. The lowest BCUT2D eigenvalue weighted by Crippen LogP contribution is -2.39. The predicted octanol–water partition coefficient (Wildman–Crippen LogP) is 3.25. The first-order valence-corrected chi connectivity index (χ1v) is 7.68. The molecule has 1 aromatic heterocycles. The van der Waals surface area contributed by atoms with Gasteiger partial charge >= 0.3 is 0 Å². The number of halogens is 1. The zero-order valence-electron chi connectivity index (χ0n) is 12.0. The van der Waals surface area contributed by atoms with Gasteiger partial charge in [-0.3, -0.25) is 4.79 Å². The van der Waals surface area contributed by atoms with E-state index in [1.807, 2.05) is 19.1 Å². The van der Waals surface area contributed by atoms with Crippen LogP contribution < -0.4 is 11.1 Å². The first-order chi connectivity index (χ1) is 10.1. The summed E-state index contributed by atoms with van der Waals surface area (Å²) in [7, 11) is 0. The number of fused-ring (bicyclic) bond motifs is 1. The van der Waals surface area contributed by atoms with E-state index in [-0.39, 0.29) is 11.9 Å². The average molecular weight is 307 g/mol. The van der Waals surface area contributed by atoms with Crippen molar-refractivity contribution in [3.05, 3.63) is 34.5 Å². The van der Waals surface area contributed by atoms with Crippen molar-refractivity contribution in [1.82, 2.24) is 5.32 Å². The first kappa shape index (κ1) is 14.4. The van der Waals surface area contributed by atoms with Crippen molar-refractivity contribution >= 4 is 28.5 Å². The minimum atomic E-state index is -0.176. The van der Waals surface area contributed by atoms with Gasteiger partial charge in [0.25, 0.3) is 5.91 Å². The van der Waals surface area contributed by atoms with Gasteiger partial charge in [-0.15, -0.1) is 0 Å². The molecule has 3 N–H and O–H groups in total. The van der Waals surface area contributed by atoms with Crippen LogP contribution in [0.15, 0.2) is 22.6 Å². The first-order valence-electron chi connectivity index (χ1n) is 7.30. The van der Waals surface area contributed by atoms with Gasteiger partial charge in [-0.05, 0) is 38.3 Å². The number of benzene rings is 1. The molecule has 0 bridgehead atoms. The molecule has 1 amide bonds. The normalized spacial score (nSPS) is 21.9. The molecule has 1 heterocycles. The van der Waals surface area contributed by atoms with Crippen LogP contribution in [0.25, 0.3) is 11.0 Å². The molecule has 21 heavy (non-hydrogen) atoms. The molecular weight excluding hydrogens is 288 g/mol. The molecule has 0 saturated heterocycles. The van der Waals surface area contributed by atoms with Crippen molar-refractivity contribution < 1.29 is 9.21 Å². The topological polar surface area (TPSA) is 68.3 Å². The lowest BCUT2D eigenvalue weighted by atomic mass is 10.0. The number of carbonyl (C=O) groups is 1. The molecule has 1 fully saturated rings. The number of nitrogens with two attached hydrogens (primary N) is 1. The SMILES string of the molecule is Cc1c(C(=O)NC2CCCC2CN)oc2c(Cl)cccc12. The van der Waals surface area contributed by atoms with E-state index in [1.54, 1.807) is 6.07 Å². The Balaban J connectivity index is 1.88. The van der Waals surface area contributed by atoms with Crippen LogP contribution in [-0.2, 0) is 0 Å². The second kappa shape index (κ2) is 5.70. The van der Waals surface area contributed by atoms with E-state index in [4.69, 9.17) is 21.8 Å². The van der Waals surface area contributed by atoms with Crippen LogP contribution in [0.1, 0.15) is 35.4 Å². The van der Waals surface area contributed by atoms with Crippen LogP contribution in [0.2, 0.25) is 5.02 Å². The van der Waals surface area contributed by atoms with Crippen molar-refractivity contribution in [2.45, 2.75) is 32.2 Å². The van der Waals surface area contributed by atoms with Crippen LogP contribution in [0, 0.1) is 12.8 Å². The van der Waals surface area contributed by atoms with Crippen molar-refractivity contribution in [2.24, 2.45) is 11.7 Å². The van der Waals surface area contributed by atoms with Gasteiger partial charge in [0.2, 0.25) is 0 Å². The molecule has 0 aliphatic heterocycles. The van der Waals surface area contributed by atoms with Crippen LogP contribution in [-0.4, -0.2) is 18.5 Å². The molecule has 1 aromatic carbocycles. The molecule has 2 aromatic rings. The second-order valence-corrected chi connectivity index (χ2v) is 6.09. The van der Waals surface area contributed by atoms with Gasteiger partial charge in [-0.1, -0.05) is 30.2 Å². The number of carbonyl (C=O) groups excluding carboxylic acids is 1. The number of furan rings is 1. The highest BCUT2D eigenvalue weighted by molar-refractivity contribution is 6.35. The summed E-state index contributed by atoms with van der Waals surface area (Å²) in [5.74, 6) is 0.535. The summed E-state index contributed by atoms with van der Waals surface area (Å²) < 4.78 is 5.70. The Bertz CT molecular complexity index is 680. The molecular formula is C16H19ClN2O2. The van der Waals surface area contributed by atoms with E-state index < -0.39 is 0 Å². The fourth-order valence-electron chi connectivity index (χ4n) is 3.17. The van der Waals surface area contributed by atoms with E-state index in [0.717, 1.165) is 30.2 Å². The minimum Gasteiger partial charge on any atom is -0.449 e. The Hall–Kier alpha value is -1.52. The van der Waals surface area contributed by atoms with E-state index >= 15 is 0 Å². The largest absolute Gasteiger partial charge is 0.449 e. The average Bonchev–Trinajstić information content (AvgIpc) is 3.05. The number of nitrogens with one attached hydrogen (secondary N) is 1. The summed E-state index contributed by atoms with van der Waals surface area (Å²) in [6, 6.07) is 5.67. The highest BCUT2D eigenvalue weighted by atomic mass is 35.5. The lowest BCUT2D eigenvalue weighted by Gasteiger charge is -2.18. The summed E-state index contributed by atoms with van der Waals surface area (Å²) in [5.41, 5.74) is 7.16. The summed E-state index contributed by atoms with van der Waals surface area (Å²) in [5, 5.41) is 4.47. The highest BCUT2D eigenvalue weighted by Crippen LogP contribution is 2.31. The van der Waals surface area contributed by atoms with Crippen molar-refractivity contribution in [3.8, 4) is 0 Å². The fraction of sp³-hybridized carbons (Fsp3) is 0.438. The maximum absolute atomic E-state index is 12.5. The van der Waals surface area contributed by atoms with Crippen molar-refractivity contribution in [3.63, 3.8) is 0 Å². The highest BCUT2D eigenvalue weighted by Gasteiger charge is 2.29. The Morgan fingerprint density at radius 1 is 1.48 bits per heavy atom. The van der Waals surface area contributed by atoms with Crippen molar-refractivity contribution in [2.75, 3.05) is 6.54 Å². The summed E-state index contributed by atoms with van der Waals surface area (Å²) in [6.45, 7) is 2.49. The van der Waals surface area contributed by atoms with Gasteiger partial charge in [0.05, 0.1) is 5.02 Å². The van der Waals surface area contributed by atoms with Gasteiger partial charge in [0.15, 0.2) is 11.3 Å². The Morgan fingerprint density at radius 3 is 3.00 bits per heavy atom. The minimum absolute atomic E-state index is 0.144. The van der Waals surface area contributed by atoms with E-state index in [0.29, 0.717) is 28.8 Å². The third-order valence-corrected chi connectivity index (χ3v) is 4.70. The number of hydrogen-bond acceptors (Lipinski definition) is 3. The maximum atomic E-state index is 12.5. The van der Waals surface area contributed by atoms with E-state index in [9.17, 15) is 4.79 Å². The zero-order valence-corrected chi connectivity index (χ0v) is 12.7. The molecule has 1 saturated carbocycles. The fourth-order valence-corrected chi connectivity index (χ4v) is 3.38. The van der Waals surface area contributed by atoms with Crippen LogP contribution in [0.5, 0.6) is 0 Å². The molecule has 112 valence electrons. The molecule has 1 aliphatic carbocycles. The quantitative estimate of drug-likeness (QED) is 0.914. The second-order valence-electron chi connectivity index (χ2n) is 5.68. The number of aryl methyl sites for hydroxylation is 1. The smallest absolute Gasteiger partial charge is 0.287 e. The van der Waals surface area contributed by atoms with Gasteiger partial charge in [-0.25, -0.2) is 0 Å². The van der Waals surface area contributed by atoms with Gasteiger partial charge < -0.3 is 15.5 Å². The molecule has 1 aliphatic rings. The molecule has 4 nitrogen and oxygen atoms in total. The Kier molecular flexibility index (Phi) is 3.91. The monoisotopic (exact) mass is 306 g/mol. The van der Waals surface area contributed by atoms with Crippen LogP contribution in [0.4, 0.5) is 0 Å².